The van der Waals surface area contributed by atoms with Gasteiger partial charge in [-0.1, -0.05) is 61.5 Å². The van der Waals surface area contributed by atoms with E-state index in [2.05, 4.69) is 67.7 Å². The van der Waals surface area contributed by atoms with Crippen molar-refractivity contribution in [1.29, 1.82) is 0 Å². The van der Waals surface area contributed by atoms with Crippen LogP contribution in [0.15, 0.2) is 54.6 Å². The molecule has 2 aromatic carbocycles. The summed E-state index contributed by atoms with van der Waals surface area (Å²) in [5.74, 6) is 0. The maximum Gasteiger partial charge on any atom is 0.0801 e. The maximum atomic E-state index is 6.03. The highest BCUT2D eigenvalue weighted by Crippen LogP contribution is 2.19. The molecule has 0 spiro atoms. The molecule has 2 rings (SSSR count). The second-order valence-electron chi connectivity index (χ2n) is 5.31. The average molecular weight is 283 g/mol. The van der Waals surface area contributed by atoms with Gasteiger partial charge in [-0.15, -0.1) is 0 Å². The minimum absolute atomic E-state index is 0.114. The van der Waals surface area contributed by atoms with Crippen LogP contribution in [0.1, 0.15) is 43.1 Å². The van der Waals surface area contributed by atoms with Crippen molar-refractivity contribution in [1.82, 2.24) is 5.32 Å². The van der Waals surface area contributed by atoms with Crippen LogP contribution < -0.4 is 5.32 Å². The number of benzene rings is 2. The van der Waals surface area contributed by atoms with Crippen molar-refractivity contribution in [2.24, 2.45) is 0 Å². The summed E-state index contributed by atoms with van der Waals surface area (Å²) in [6.07, 6.45) is 1.27. The van der Waals surface area contributed by atoms with Crippen LogP contribution in [0.2, 0.25) is 0 Å². The first-order chi connectivity index (χ1) is 10.3. The number of hydrogen-bond acceptors (Lipinski definition) is 2. The highest BCUT2D eigenvalue weighted by atomic mass is 16.5. The molecule has 0 heterocycles. The van der Waals surface area contributed by atoms with E-state index in [1.54, 1.807) is 0 Å². The number of rotatable bonds is 8. The summed E-state index contributed by atoms with van der Waals surface area (Å²) in [4.78, 5) is 0. The SMILES string of the molecule is CCCNCc1ccccc1COC(C)c1ccccc1. The molecular formula is C19H25NO. The van der Waals surface area contributed by atoms with Crippen molar-refractivity contribution in [2.45, 2.75) is 39.5 Å². The van der Waals surface area contributed by atoms with Crippen molar-refractivity contribution in [3.8, 4) is 0 Å². The van der Waals surface area contributed by atoms with Crippen LogP contribution >= 0.6 is 0 Å². The molecule has 1 unspecified atom stereocenters. The Balaban J connectivity index is 1.93. The number of nitrogens with one attached hydrogen (secondary N) is 1. The van der Waals surface area contributed by atoms with Crippen molar-refractivity contribution >= 4 is 0 Å². The van der Waals surface area contributed by atoms with Crippen LogP contribution in [0.25, 0.3) is 0 Å². The maximum absolute atomic E-state index is 6.03. The molecule has 0 radical (unpaired) electrons. The Hall–Kier alpha value is -1.64. The van der Waals surface area contributed by atoms with Gasteiger partial charge in [0.25, 0.3) is 0 Å². The van der Waals surface area contributed by atoms with Crippen LogP contribution in [-0.4, -0.2) is 6.54 Å². The molecule has 0 saturated carbocycles. The van der Waals surface area contributed by atoms with Crippen LogP contribution in [0.5, 0.6) is 0 Å². The normalized spacial score (nSPS) is 12.3. The Bertz CT molecular complexity index is 524. The molecule has 0 aliphatic rings. The number of ether oxygens (including phenoxy) is 1. The smallest absolute Gasteiger partial charge is 0.0801 e. The zero-order valence-corrected chi connectivity index (χ0v) is 13.0. The van der Waals surface area contributed by atoms with E-state index in [4.69, 9.17) is 4.74 Å². The molecule has 0 aromatic heterocycles. The van der Waals surface area contributed by atoms with Gasteiger partial charge in [0.1, 0.15) is 0 Å². The zero-order valence-electron chi connectivity index (χ0n) is 13.0. The summed E-state index contributed by atoms with van der Waals surface area (Å²) in [6.45, 7) is 6.90. The summed E-state index contributed by atoms with van der Waals surface area (Å²) >= 11 is 0. The lowest BCUT2D eigenvalue weighted by atomic mass is 10.1. The van der Waals surface area contributed by atoms with Gasteiger partial charge in [-0.05, 0) is 36.6 Å². The Morgan fingerprint density at radius 1 is 0.952 bits per heavy atom. The van der Waals surface area contributed by atoms with Crippen LogP contribution in [0.3, 0.4) is 0 Å². The van der Waals surface area contributed by atoms with Gasteiger partial charge in [0.2, 0.25) is 0 Å². The van der Waals surface area contributed by atoms with E-state index in [-0.39, 0.29) is 6.10 Å². The van der Waals surface area contributed by atoms with Crippen molar-refractivity contribution in [2.75, 3.05) is 6.54 Å². The summed E-state index contributed by atoms with van der Waals surface area (Å²) < 4.78 is 6.03. The van der Waals surface area contributed by atoms with Crippen molar-refractivity contribution < 1.29 is 4.74 Å². The van der Waals surface area contributed by atoms with E-state index in [1.807, 2.05) is 6.07 Å². The second kappa shape index (κ2) is 8.60. The van der Waals surface area contributed by atoms with E-state index in [0.29, 0.717) is 6.61 Å². The molecule has 1 N–H and O–H groups in total. The molecule has 0 amide bonds. The Morgan fingerprint density at radius 2 is 1.62 bits per heavy atom. The molecule has 0 aliphatic carbocycles. The lowest BCUT2D eigenvalue weighted by molar-refractivity contribution is 0.0521. The summed E-state index contributed by atoms with van der Waals surface area (Å²) in [7, 11) is 0. The molecule has 112 valence electrons. The van der Waals surface area contributed by atoms with Gasteiger partial charge < -0.3 is 10.1 Å². The fraction of sp³-hybridized carbons (Fsp3) is 0.368. The largest absolute Gasteiger partial charge is 0.369 e. The second-order valence-corrected chi connectivity index (χ2v) is 5.31. The molecule has 21 heavy (non-hydrogen) atoms. The predicted molar refractivity (Wildman–Crippen MR) is 88.1 cm³/mol. The summed E-state index contributed by atoms with van der Waals surface area (Å²) in [6, 6.07) is 18.9. The fourth-order valence-corrected chi connectivity index (χ4v) is 2.31. The molecular weight excluding hydrogens is 258 g/mol. The van der Waals surface area contributed by atoms with E-state index in [0.717, 1.165) is 19.5 Å². The van der Waals surface area contributed by atoms with Crippen LogP contribution in [0.4, 0.5) is 0 Å². The first-order valence-corrected chi connectivity index (χ1v) is 7.75. The quantitative estimate of drug-likeness (QED) is 0.722. The Labute approximate surface area is 128 Å². The third-order valence-electron chi connectivity index (χ3n) is 3.62. The molecule has 0 aliphatic heterocycles. The van der Waals surface area contributed by atoms with Crippen molar-refractivity contribution in [3.05, 3.63) is 71.3 Å². The summed E-state index contributed by atoms with van der Waals surface area (Å²) in [5, 5.41) is 3.46. The van der Waals surface area contributed by atoms with Crippen LogP contribution in [0, 0.1) is 0 Å². The molecule has 1 atom stereocenters. The van der Waals surface area contributed by atoms with E-state index < -0.39 is 0 Å². The Morgan fingerprint density at radius 3 is 2.33 bits per heavy atom. The third-order valence-corrected chi connectivity index (χ3v) is 3.62. The fourth-order valence-electron chi connectivity index (χ4n) is 2.31. The van der Waals surface area contributed by atoms with Gasteiger partial charge in [0.05, 0.1) is 12.7 Å². The van der Waals surface area contributed by atoms with Crippen molar-refractivity contribution in [3.63, 3.8) is 0 Å². The summed E-state index contributed by atoms with van der Waals surface area (Å²) in [5.41, 5.74) is 3.81. The topological polar surface area (TPSA) is 21.3 Å². The van der Waals surface area contributed by atoms with Crippen LogP contribution in [-0.2, 0) is 17.9 Å². The van der Waals surface area contributed by atoms with E-state index in [9.17, 15) is 0 Å². The highest BCUT2D eigenvalue weighted by molar-refractivity contribution is 5.26. The highest BCUT2D eigenvalue weighted by Gasteiger charge is 2.07. The Kier molecular flexibility index (Phi) is 6.45. The monoisotopic (exact) mass is 283 g/mol. The molecule has 2 aromatic rings. The number of hydrogen-bond donors (Lipinski definition) is 1. The van der Waals surface area contributed by atoms with Gasteiger partial charge in [0.15, 0.2) is 0 Å². The zero-order chi connectivity index (χ0) is 14.9. The minimum Gasteiger partial charge on any atom is -0.369 e. The molecule has 2 heteroatoms. The van der Waals surface area contributed by atoms with Gasteiger partial charge in [-0.3, -0.25) is 0 Å². The van der Waals surface area contributed by atoms with Gasteiger partial charge >= 0.3 is 0 Å². The molecule has 0 saturated heterocycles. The van der Waals surface area contributed by atoms with E-state index >= 15 is 0 Å². The predicted octanol–water partition coefficient (Wildman–Crippen LogP) is 4.46. The third kappa shape index (κ3) is 5.00. The standard InChI is InChI=1S/C19H25NO/c1-3-13-20-14-18-11-7-8-12-19(18)15-21-16(2)17-9-5-4-6-10-17/h4-12,16,20H,3,13-15H2,1-2H3. The first kappa shape index (κ1) is 15.7. The van der Waals surface area contributed by atoms with E-state index in [1.165, 1.54) is 16.7 Å². The molecule has 2 nitrogen and oxygen atoms in total. The molecule has 0 bridgehead atoms. The van der Waals surface area contributed by atoms with Gasteiger partial charge in [0, 0.05) is 6.54 Å². The van der Waals surface area contributed by atoms with Gasteiger partial charge in [-0.25, -0.2) is 0 Å². The lowest BCUT2D eigenvalue weighted by Gasteiger charge is -2.16. The average Bonchev–Trinajstić information content (AvgIpc) is 2.54. The first-order valence-electron chi connectivity index (χ1n) is 7.75. The minimum atomic E-state index is 0.114. The van der Waals surface area contributed by atoms with Gasteiger partial charge in [-0.2, -0.15) is 0 Å². The lowest BCUT2D eigenvalue weighted by Crippen LogP contribution is -2.15. The molecule has 0 fully saturated rings.